The van der Waals surface area contributed by atoms with Gasteiger partial charge in [-0.2, -0.15) is 0 Å². The Morgan fingerprint density at radius 2 is 1.80 bits per heavy atom. The van der Waals surface area contributed by atoms with Gasteiger partial charge in [0.1, 0.15) is 18.3 Å². The molecule has 0 spiro atoms. The molecule has 0 saturated carbocycles. The highest BCUT2D eigenvalue weighted by Crippen LogP contribution is 2.30. The molecular formula is C9H18O6. The van der Waals surface area contributed by atoms with Gasteiger partial charge in [0.15, 0.2) is 0 Å². The van der Waals surface area contributed by atoms with Crippen molar-refractivity contribution in [2.75, 3.05) is 6.61 Å². The van der Waals surface area contributed by atoms with E-state index in [4.69, 9.17) is 9.84 Å². The maximum atomic E-state index is 9.58. The van der Waals surface area contributed by atoms with Crippen LogP contribution in [0.25, 0.3) is 0 Å². The van der Waals surface area contributed by atoms with Crippen molar-refractivity contribution in [2.24, 2.45) is 5.92 Å². The Morgan fingerprint density at radius 3 is 2.20 bits per heavy atom. The maximum Gasteiger partial charge on any atom is 0.221 e. The van der Waals surface area contributed by atoms with Crippen LogP contribution in [0.2, 0.25) is 0 Å². The van der Waals surface area contributed by atoms with Gasteiger partial charge >= 0.3 is 0 Å². The van der Waals surface area contributed by atoms with Crippen LogP contribution in [0, 0.1) is 5.92 Å². The molecule has 0 aromatic heterocycles. The Hall–Kier alpha value is -0.240. The molecule has 1 heterocycles. The molecule has 0 bridgehead atoms. The van der Waals surface area contributed by atoms with Crippen molar-refractivity contribution < 1.29 is 30.3 Å². The number of ether oxygens (including phenoxy) is 1. The number of aliphatic hydroxyl groups is 5. The third-order valence-electron chi connectivity index (χ3n) is 2.71. The van der Waals surface area contributed by atoms with E-state index in [0.29, 0.717) is 0 Å². The molecule has 1 saturated heterocycles. The van der Waals surface area contributed by atoms with E-state index in [2.05, 4.69) is 0 Å². The predicted octanol–water partition coefficient (Wildman–Crippen LogP) is -2.20. The lowest BCUT2D eigenvalue weighted by molar-refractivity contribution is -0.356. The highest BCUT2D eigenvalue weighted by Gasteiger charge is 2.54. The molecule has 15 heavy (non-hydrogen) atoms. The van der Waals surface area contributed by atoms with Gasteiger partial charge < -0.3 is 30.3 Å². The zero-order valence-corrected chi connectivity index (χ0v) is 8.74. The molecule has 3 unspecified atom stereocenters. The SMILES string of the molecule is CC(C)[C@@H]1OC(CO)C(O)(O)C(O)C1O. The van der Waals surface area contributed by atoms with Crippen LogP contribution in [0.5, 0.6) is 0 Å². The molecule has 6 nitrogen and oxygen atoms in total. The Balaban J connectivity index is 2.88. The molecular weight excluding hydrogens is 204 g/mol. The lowest BCUT2D eigenvalue weighted by Gasteiger charge is -2.46. The number of hydrogen-bond donors (Lipinski definition) is 5. The van der Waals surface area contributed by atoms with E-state index < -0.39 is 36.8 Å². The second kappa shape index (κ2) is 4.32. The molecule has 0 aromatic carbocycles. The van der Waals surface area contributed by atoms with Crippen LogP contribution < -0.4 is 0 Å². The van der Waals surface area contributed by atoms with Gasteiger partial charge in [-0.1, -0.05) is 13.8 Å². The van der Waals surface area contributed by atoms with E-state index in [1.165, 1.54) is 0 Å². The molecule has 1 rings (SSSR count). The average molecular weight is 222 g/mol. The first kappa shape index (κ1) is 12.8. The second-order valence-corrected chi connectivity index (χ2v) is 4.23. The highest BCUT2D eigenvalue weighted by atomic mass is 16.6. The molecule has 90 valence electrons. The summed E-state index contributed by atoms with van der Waals surface area (Å²) in [4.78, 5) is 0. The normalized spacial score (nSPS) is 40.8. The third kappa shape index (κ3) is 2.15. The minimum absolute atomic E-state index is 0.111. The molecule has 5 N–H and O–H groups in total. The van der Waals surface area contributed by atoms with Gasteiger partial charge in [-0.25, -0.2) is 0 Å². The van der Waals surface area contributed by atoms with E-state index in [1.807, 2.05) is 0 Å². The van der Waals surface area contributed by atoms with E-state index in [9.17, 15) is 20.4 Å². The summed E-state index contributed by atoms with van der Waals surface area (Å²) in [5, 5.41) is 46.8. The van der Waals surface area contributed by atoms with Crippen molar-refractivity contribution in [3.63, 3.8) is 0 Å². The maximum absolute atomic E-state index is 9.58. The second-order valence-electron chi connectivity index (χ2n) is 4.23. The third-order valence-corrected chi connectivity index (χ3v) is 2.71. The lowest BCUT2D eigenvalue weighted by atomic mass is 9.87. The average Bonchev–Trinajstić information content (AvgIpc) is 2.14. The number of hydrogen-bond acceptors (Lipinski definition) is 6. The van der Waals surface area contributed by atoms with Crippen molar-refractivity contribution in [2.45, 2.75) is 44.1 Å². The standard InChI is InChI=1S/C9H18O6/c1-4(2)7-6(11)8(12)9(13,14)5(3-10)15-7/h4-8,10-14H,3H2,1-2H3/t5?,6?,7-,8?/m0/s1. The first-order chi connectivity index (χ1) is 6.82. The highest BCUT2D eigenvalue weighted by molar-refractivity contribution is 4.97. The van der Waals surface area contributed by atoms with Crippen LogP contribution in [0.3, 0.4) is 0 Å². The Bertz CT molecular complexity index is 211. The fourth-order valence-electron chi connectivity index (χ4n) is 1.72. The Labute approximate surface area is 87.7 Å². The molecule has 4 atom stereocenters. The summed E-state index contributed by atoms with van der Waals surface area (Å²) in [5.74, 6) is -2.74. The van der Waals surface area contributed by atoms with Gasteiger partial charge in [0, 0.05) is 0 Å². The van der Waals surface area contributed by atoms with Crippen LogP contribution in [0.4, 0.5) is 0 Å². The minimum Gasteiger partial charge on any atom is -0.393 e. The van der Waals surface area contributed by atoms with Crippen molar-refractivity contribution in [3.8, 4) is 0 Å². The van der Waals surface area contributed by atoms with Gasteiger partial charge in [0.25, 0.3) is 0 Å². The molecule has 0 aromatic rings. The molecule has 1 aliphatic heterocycles. The van der Waals surface area contributed by atoms with Crippen molar-refractivity contribution in [3.05, 3.63) is 0 Å². The molecule has 1 aliphatic rings. The summed E-state index contributed by atoms with van der Waals surface area (Å²) in [7, 11) is 0. The van der Waals surface area contributed by atoms with Gasteiger partial charge in [-0.3, -0.25) is 0 Å². The van der Waals surface area contributed by atoms with E-state index in [-0.39, 0.29) is 5.92 Å². The molecule has 6 heteroatoms. The van der Waals surface area contributed by atoms with Crippen LogP contribution in [-0.4, -0.2) is 62.3 Å². The van der Waals surface area contributed by atoms with Crippen LogP contribution >= 0.6 is 0 Å². The summed E-state index contributed by atoms with van der Waals surface area (Å²) < 4.78 is 5.13. The van der Waals surface area contributed by atoms with Gasteiger partial charge in [-0.05, 0) is 5.92 Å². The van der Waals surface area contributed by atoms with Crippen molar-refractivity contribution in [1.29, 1.82) is 0 Å². The summed E-state index contributed by atoms with van der Waals surface area (Å²) in [5.41, 5.74) is 0. The zero-order chi connectivity index (χ0) is 11.8. The first-order valence-corrected chi connectivity index (χ1v) is 4.89. The monoisotopic (exact) mass is 222 g/mol. The molecule has 0 aliphatic carbocycles. The van der Waals surface area contributed by atoms with Crippen LogP contribution in [0.1, 0.15) is 13.8 Å². The molecule has 0 radical (unpaired) electrons. The van der Waals surface area contributed by atoms with Crippen LogP contribution in [-0.2, 0) is 4.74 Å². The molecule has 0 amide bonds. The topological polar surface area (TPSA) is 110 Å². The molecule has 1 fully saturated rings. The number of aliphatic hydroxyl groups excluding tert-OH is 3. The largest absolute Gasteiger partial charge is 0.393 e. The fraction of sp³-hybridized carbons (Fsp3) is 1.00. The van der Waals surface area contributed by atoms with Gasteiger partial charge in [0.2, 0.25) is 5.79 Å². The first-order valence-electron chi connectivity index (χ1n) is 4.89. The Kier molecular flexibility index (Phi) is 3.70. The van der Waals surface area contributed by atoms with Crippen molar-refractivity contribution >= 4 is 0 Å². The quantitative estimate of drug-likeness (QED) is 0.339. The predicted molar refractivity (Wildman–Crippen MR) is 49.8 cm³/mol. The lowest BCUT2D eigenvalue weighted by Crippen LogP contribution is -2.67. The fourth-order valence-corrected chi connectivity index (χ4v) is 1.72. The Morgan fingerprint density at radius 1 is 1.27 bits per heavy atom. The summed E-state index contributed by atoms with van der Waals surface area (Å²) in [6.45, 7) is 2.88. The van der Waals surface area contributed by atoms with E-state index >= 15 is 0 Å². The minimum atomic E-state index is -2.63. The van der Waals surface area contributed by atoms with Crippen molar-refractivity contribution in [1.82, 2.24) is 0 Å². The smallest absolute Gasteiger partial charge is 0.221 e. The van der Waals surface area contributed by atoms with Gasteiger partial charge in [-0.15, -0.1) is 0 Å². The van der Waals surface area contributed by atoms with E-state index in [0.717, 1.165) is 0 Å². The summed E-state index contributed by atoms with van der Waals surface area (Å²) in [6, 6.07) is 0. The number of rotatable bonds is 2. The van der Waals surface area contributed by atoms with E-state index in [1.54, 1.807) is 13.8 Å². The zero-order valence-electron chi connectivity index (χ0n) is 8.74. The van der Waals surface area contributed by atoms with Crippen LogP contribution in [0.15, 0.2) is 0 Å². The summed E-state index contributed by atoms with van der Waals surface area (Å²) in [6.07, 6.45) is -5.19. The van der Waals surface area contributed by atoms with Gasteiger partial charge in [0.05, 0.1) is 12.7 Å². The summed E-state index contributed by atoms with van der Waals surface area (Å²) >= 11 is 0.